The molecule has 1 N–H and O–H groups in total. The van der Waals surface area contributed by atoms with E-state index < -0.39 is 0 Å². The SMILES string of the molecule is CCC1SCCSC1C(NC)c1cnc(C)n1C. The van der Waals surface area contributed by atoms with Gasteiger partial charge < -0.3 is 9.88 Å². The molecule has 0 bridgehead atoms. The Balaban J connectivity index is 2.24. The van der Waals surface area contributed by atoms with Crippen LogP contribution in [0, 0.1) is 6.92 Å². The van der Waals surface area contributed by atoms with E-state index in [1.165, 1.54) is 23.6 Å². The summed E-state index contributed by atoms with van der Waals surface area (Å²) < 4.78 is 2.22. The molecule has 3 atom stereocenters. The van der Waals surface area contributed by atoms with Crippen LogP contribution >= 0.6 is 23.5 Å². The van der Waals surface area contributed by atoms with E-state index in [-0.39, 0.29) is 0 Å². The molecule has 2 rings (SSSR count). The van der Waals surface area contributed by atoms with Gasteiger partial charge in [-0.2, -0.15) is 23.5 Å². The average Bonchev–Trinajstić information content (AvgIpc) is 2.73. The van der Waals surface area contributed by atoms with Gasteiger partial charge in [-0.25, -0.2) is 4.98 Å². The molecule has 1 aliphatic rings. The molecule has 1 fully saturated rings. The Labute approximate surface area is 119 Å². The van der Waals surface area contributed by atoms with Crippen LogP contribution in [0.3, 0.4) is 0 Å². The van der Waals surface area contributed by atoms with Crippen molar-refractivity contribution in [2.24, 2.45) is 7.05 Å². The van der Waals surface area contributed by atoms with E-state index in [9.17, 15) is 0 Å². The van der Waals surface area contributed by atoms with Crippen LogP contribution in [-0.2, 0) is 7.05 Å². The zero-order chi connectivity index (χ0) is 13.1. The molecule has 0 saturated carbocycles. The van der Waals surface area contributed by atoms with E-state index in [1.807, 2.05) is 6.20 Å². The van der Waals surface area contributed by atoms with Crippen LogP contribution < -0.4 is 5.32 Å². The number of nitrogens with zero attached hydrogens (tertiary/aromatic N) is 2. The summed E-state index contributed by atoms with van der Waals surface area (Å²) in [5, 5.41) is 4.91. The molecule has 1 saturated heterocycles. The van der Waals surface area contributed by atoms with Crippen molar-refractivity contribution >= 4 is 23.5 Å². The van der Waals surface area contributed by atoms with Gasteiger partial charge in [0.25, 0.3) is 0 Å². The molecule has 3 unspecified atom stereocenters. The average molecular weight is 285 g/mol. The third-order valence-corrected chi connectivity index (χ3v) is 7.06. The number of hydrogen-bond donors (Lipinski definition) is 1. The van der Waals surface area contributed by atoms with Gasteiger partial charge in [-0.05, 0) is 20.4 Å². The fourth-order valence-electron chi connectivity index (χ4n) is 2.54. The molecule has 0 radical (unpaired) electrons. The molecule has 5 heteroatoms. The molecule has 0 spiro atoms. The molecule has 0 aliphatic carbocycles. The number of nitrogens with one attached hydrogen (secondary N) is 1. The van der Waals surface area contributed by atoms with Crippen molar-refractivity contribution in [3.05, 3.63) is 17.7 Å². The number of thioether (sulfide) groups is 2. The van der Waals surface area contributed by atoms with Crippen LogP contribution in [0.25, 0.3) is 0 Å². The van der Waals surface area contributed by atoms with Crippen LogP contribution in [0.4, 0.5) is 0 Å². The van der Waals surface area contributed by atoms with E-state index in [4.69, 9.17) is 0 Å². The highest BCUT2D eigenvalue weighted by Crippen LogP contribution is 2.40. The monoisotopic (exact) mass is 285 g/mol. The maximum atomic E-state index is 4.44. The van der Waals surface area contributed by atoms with Crippen molar-refractivity contribution in [3.8, 4) is 0 Å². The Kier molecular flexibility index (Phi) is 5.04. The maximum absolute atomic E-state index is 4.44. The summed E-state index contributed by atoms with van der Waals surface area (Å²) in [6, 6.07) is 0.402. The van der Waals surface area contributed by atoms with Gasteiger partial charge in [0, 0.05) is 29.1 Å². The molecule has 1 aromatic heterocycles. The second kappa shape index (κ2) is 6.35. The number of imidazole rings is 1. The van der Waals surface area contributed by atoms with Crippen molar-refractivity contribution in [2.45, 2.75) is 36.8 Å². The van der Waals surface area contributed by atoms with Gasteiger partial charge in [0.1, 0.15) is 5.82 Å². The lowest BCUT2D eigenvalue weighted by Gasteiger charge is -2.35. The first kappa shape index (κ1) is 14.3. The van der Waals surface area contributed by atoms with Gasteiger partial charge in [-0.15, -0.1) is 0 Å². The summed E-state index contributed by atoms with van der Waals surface area (Å²) in [5.74, 6) is 3.65. The first-order chi connectivity index (χ1) is 8.69. The normalized spacial score (nSPS) is 26.2. The van der Waals surface area contributed by atoms with E-state index >= 15 is 0 Å². The minimum atomic E-state index is 0.402. The Morgan fingerprint density at radius 1 is 1.50 bits per heavy atom. The highest BCUT2D eigenvalue weighted by molar-refractivity contribution is 8.07. The summed E-state index contributed by atoms with van der Waals surface area (Å²) in [6.45, 7) is 4.37. The van der Waals surface area contributed by atoms with Crippen LogP contribution in [0.5, 0.6) is 0 Å². The fraction of sp³-hybridized carbons (Fsp3) is 0.769. The largest absolute Gasteiger partial charge is 0.334 e. The molecule has 2 heterocycles. The smallest absolute Gasteiger partial charge is 0.105 e. The second-order valence-corrected chi connectivity index (χ2v) is 7.34. The van der Waals surface area contributed by atoms with Gasteiger partial charge in [0.05, 0.1) is 17.9 Å². The molecule has 0 amide bonds. The Hall–Kier alpha value is -0.130. The van der Waals surface area contributed by atoms with Crippen LogP contribution in [0.1, 0.15) is 30.9 Å². The Morgan fingerprint density at radius 2 is 2.22 bits per heavy atom. The summed E-state index contributed by atoms with van der Waals surface area (Å²) in [7, 11) is 4.18. The lowest BCUT2D eigenvalue weighted by atomic mass is 10.1. The minimum absolute atomic E-state index is 0.402. The van der Waals surface area contributed by atoms with E-state index in [0.29, 0.717) is 11.3 Å². The molecular weight excluding hydrogens is 262 g/mol. The third kappa shape index (κ3) is 2.73. The van der Waals surface area contributed by atoms with E-state index in [1.54, 1.807) is 0 Å². The first-order valence-corrected chi connectivity index (χ1v) is 8.67. The highest BCUT2D eigenvalue weighted by Gasteiger charge is 2.33. The van der Waals surface area contributed by atoms with Crippen LogP contribution in [-0.4, -0.2) is 38.6 Å². The summed E-state index contributed by atoms with van der Waals surface area (Å²) in [5.41, 5.74) is 1.31. The van der Waals surface area contributed by atoms with E-state index in [0.717, 1.165) is 11.1 Å². The minimum Gasteiger partial charge on any atom is -0.334 e. The van der Waals surface area contributed by atoms with Crippen molar-refractivity contribution in [1.82, 2.24) is 14.9 Å². The summed E-state index contributed by atoms with van der Waals surface area (Å²) in [4.78, 5) is 4.44. The van der Waals surface area contributed by atoms with Gasteiger partial charge >= 0.3 is 0 Å². The predicted octanol–water partition coefficient (Wildman–Crippen LogP) is 2.62. The number of rotatable bonds is 4. The third-order valence-electron chi connectivity index (χ3n) is 3.71. The first-order valence-electron chi connectivity index (χ1n) is 6.57. The van der Waals surface area contributed by atoms with Gasteiger partial charge in [-0.3, -0.25) is 0 Å². The van der Waals surface area contributed by atoms with Crippen molar-refractivity contribution in [2.75, 3.05) is 18.6 Å². The number of aromatic nitrogens is 2. The summed E-state index contributed by atoms with van der Waals surface area (Å²) in [6.07, 6.45) is 3.28. The number of hydrogen-bond acceptors (Lipinski definition) is 4. The molecule has 3 nitrogen and oxygen atoms in total. The van der Waals surface area contributed by atoms with Crippen molar-refractivity contribution in [3.63, 3.8) is 0 Å². The lowest BCUT2D eigenvalue weighted by molar-refractivity contribution is 0.514. The molecule has 1 aliphatic heterocycles. The van der Waals surface area contributed by atoms with Gasteiger partial charge in [-0.1, -0.05) is 6.92 Å². The molecule has 0 aromatic carbocycles. The Morgan fingerprint density at radius 3 is 2.78 bits per heavy atom. The van der Waals surface area contributed by atoms with Crippen LogP contribution in [0.2, 0.25) is 0 Å². The lowest BCUT2D eigenvalue weighted by Crippen LogP contribution is -2.38. The fourth-order valence-corrected chi connectivity index (χ4v) is 5.81. The Bertz CT molecular complexity index is 392. The van der Waals surface area contributed by atoms with Gasteiger partial charge in [0.15, 0.2) is 0 Å². The maximum Gasteiger partial charge on any atom is 0.105 e. The molecular formula is C13H23N3S2. The number of aryl methyl sites for hydroxylation is 1. The predicted molar refractivity (Wildman–Crippen MR) is 82.5 cm³/mol. The van der Waals surface area contributed by atoms with Gasteiger partial charge in [0.2, 0.25) is 0 Å². The zero-order valence-electron chi connectivity index (χ0n) is 11.6. The standard InChI is InChI=1S/C13H23N3S2/c1-5-11-13(18-7-6-17-11)12(14-3)10-8-15-9(2)16(10)4/h8,11-14H,5-7H2,1-4H3. The quantitative estimate of drug-likeness (QED) is 0.921. The topological polar surface area (TPSA) is 29.9 Å². The zero-order valence-corrected chi connectivity index (χ0v) is 13.3. The van der Waals surface area contributed by atoms with E-state index in [2.05, 4.69) is 66.3 Å². The molecule has 18 heavy (non-hydrogen) atoms. The van der Waals surface area contributed by atoms with Crippen molar-refractivity contribution < 1.29 is 0 Å². The second-order valence-electron chi connectivity index (χ2n) is 4.71. The van der Waals surface area contributed by atoms with Crippen LogP contribution in [0.15, 0.2) is 6.20 Å². The molecule has 1 aromatic rings. The molecule has 102 valence electrons. The summed E-state index contributed by atoms with van der Waals surface area (Å²) >= 11 is 4.25. The van der Waals surface area contributed by atoms with Crippen molar-refractivity contribution in [1.29, 1.82) is 0 Å². The highest BCUT2D eigenvalue weighted by atomic mass is 32.2.